The largest absolute Gasteiger partial charge is 0.461 e. The fraction of sp³-hybridized carbons (Fsp3) is 0.393. The number of fused-ring (bicyclic) bond motifs is 1. The van der Waals surface area contributed by atoms with Gasteiger partial charge < -0.3 is 19.2 Å². The van der Waals surface area contributed by atoms with Crippen molar-refractivity contribution in [2.75, 3.05) is 29.7 Å². The molecule has 0 saturated heterocycles. The van der Waals surface area contributed by atoms with Crippen molar-refractivity contribution in [3.63, 3.8) is 0 Å². The number of ether oxygens (including phenoxy) is 3. The van der Waals surface area contributed by atoms with Gasteiger partial charge in [-0.2, -0.15) is 0 Å². The van der Waals surface area contributed by atoms with Gasteiger partial charge in [0.05, 0.1) is 40.1 Å². The van der Waals surface area contributed by atoms with Crippen LogP contribution in [0.25, 0.3) is 10.9 Å². The van der Waals surface area contributed by atoms with E-state index < -0.39 is 39.1 Å². The molecule has 0 amide bonds. The number of benzene rings is 2. The van der Waals surface area contributed by atoms with E-state index in [0.29, 0.717) is 0 Å². The Hall–Kier alpha value is -3.28. The van der Waals surface area contributed by atoms with Crippen molar-refractivity contribution < 1.29 is 37.0 Å². The number of carbonyl (C=O) groups excluding carboxylic acids is 3. The number of rotatable bonds is 11. The van der Waals surface area contributed by atoms with E-state index in [2.05, 4.69) is 4.98 Å². The Kier molecular flexibility index (Phi) is 9.67. The molecule has 0 unspecified atom stereocenters. The Morgan fingerprint density at radius 1 is 0.902 bits per heavy atom. The zero-order chi connectivity index (χ0) is 30.8. The van der Waals surface area contributed by atoms with E-state index in [-0.39, 0.29) is 56.7 Å². The monoisotopic (exact) mass is 626 g/mol. The minimum absolute atomic E-state index is 0.00158. The molecule has 10 nitrogen and oxygen atoms in total. The number of sulfonamides is 1. The van der Waals surface area contributed by atoms with Crippen LogP contribution in [0.1, 0.15) is 65.8 Å². The average molecular weight is 628 g/mol. The van der Waals surface area contributed by atoms with Crippen LogP contribution in [-0.4, -0.2) is 67.9 Å². The van der Waals surface area contributed by atoms with Crippen LogP contribution in [0.3, 0.4) is 0 Å². The molecule has 2 aromatic carbocycles. The summed E-state index contributed by atoms with van der Waals surface area (Å²) in [5.41, 5.74) is -2.75. The molecule has 1 heterocycles. The molecule has 0 saturated carbocycles. The van der Waals surface area contributed by atoms with Gasteiger partial charge in [0.2, 0.25) is 0 Å². The highest BCUT2D eigenvalue weighted by atomic mass is 35.5. The van der Waals surface area contributed by atoms with Gasteiger partial charge >= 0.3 is 17.9 Å². The molecule has 0 spiro atoms. The first-order valence-electron chi connectivity index (χ1n) is 12.6. The third-order valence-corrected chi connectivity index (χ3v) is 8.96. The summed E-state index contributed by atoms with van der Waals surface area (Å²) in [7, 11) is -2.99. The smallest absolute Gasteiger partial charge is 0.356 e. The number of halogens is 2. The fourth-order valence-electron chi connectivity index (χ4n) is 3.80. The second-order valence-corrected chi connectivity index (χ2v) is 12.9. The van der Waals surface area contributed by atoms with Crippen molar-refractivity contribution in [3.05, 3.63) is 59.3 Å². The lowest BCUT2D eigenvalue weighted by Crippen LogP contribution is -2.31. The van der Waals surface area contributed by atoms with E-state index in [1.54, 1.807) is 52.8 Å². The number of aromatic amines is 1. The highest BCUT2D eigenvalue weighted by molar-refractivity contribution is 7.92. The van der Waals surface area contributed by atoms with Gasteiger partial charge in [0, 0.05) is 18.0 Å². The van der Waals surface area contributed by atoms with Crippen molar-refractivity contribution >= 4 is 67.7 Å². The van der Waals surface area contributed by atoms with E-state index in [9.17, 15) is 22.8 Å². The predicted molar refractivity (Wildman–Crippen MR) is 157 cm³/mol. The summed E-state index contributed by atoms with van der Waals surface area (Å²) >= 11 is 11.9. The van der Waals surface area contributed by atoms with Crippen LogP contribution in [-0.2, 0) is 24.2 Å². The quantitative estimate of drug-likeness (QED) is 0.167. The van der Waals surface area contributed by atoms with Crippen LogP contribution in [0.5, 0.6) is 0 Å². The lowest BCUT2D eigenvalue weighted by molar-refractivity contribution is 0.00819. The zero-order valence-corrected chi connectivity index (χ0v) is 25.9. The SMILES string of the molecule is CCOC(=O)c1[nH]c2cc(C(=O)OC(C)(C)CCl)cc(C(=O)OC(C)(C)CCl)c2c1N(C)S(=O)(=O)c1ccccc1. The van der Waals surface area contributed by atoms with E-state index in [1.165, 1.54) is 31.3 Å². The molecule has 13 heteroatoms. The third-order valence-electron chi connectivity index (χ3n) is 5.90. The summed E-state index contributed by atoms with van der Waals surface area (Å²) in [6, 6.07) is 10.1. The van der Waals surface area contributed by atoms with Crippen LogP contribution in [0, 0.1) is 0 Å². The van der Waals surface area contributed by atoms with Crippen LogP contribution < -0.4 is 4.31 Å². The minimum Gasteiger partial charge on any atom is -0.461 e. The van der Waals surface area contributed by atoms with Gasteiger partial charge in [-0.25, -0.2) is 22.8 Å². The number of aromatic nitrogens is 1. The number of carbonyl (C=O) groups is 3. The number of esters is 3. The molecule has 0 radical (unpaired) electrons. The van der Waals surface area contributed by atoms with Crippen molar-refractivity contribution in [1.29, 1.82) is 0 Å². The van der Waals surface area contributed by atoms with Crippen LogP contribution in [0.15, 0.2) is 47.4 Å². The van der Waals surface area contributed by atoms with Gasteiger partial charge in [-0.05, 0) is 58.9 Å². The molecular formula is C28H32Cl2N2O8S. The summed E-state index contributed by atoms with van der Waals surface area (Å²) < 4.78 is 44.5. The molecule has 0 bridgehead atoms. The number of H-pyrrole nitrogens is 1. The Morgan fingerprint density at radius 3 is 2.00 bits per heavy atom. The van der Waals surface area contributed by atoms with Crippen LogP contribution in [0.4, 0.5) is 5.69 Å². The summed E-state index contributed by atoms with van der Waals surface area (Å²) in [4.78, 5) is 42.6. The molecule has 0 fully saturated rings. The normalized spacial score (nSPS) is 12.2. The second-order valence-electron chi connectivity index (χ2n) is 10.4. The number of nitrogens with one attached hydrogen (secondary N) is 1. The van der Waals surface area contributed by atoms with Gasteiger partial charge in [-0.3, -0.25) is 4.31 Å². The van der Waals surface area contributed by atoms with Gasteiger partial charge in [0.15, 0.2) is 5.69 Å². The van der Waals surface area contributed by atoms with E-state index in [4.69, 9.17) is 37.4 Å². The molecule has 41 heavy (non-hydrogen) atoms. The van der Waals surface area contributed by atoms with E-state index in [0.717, 1.165) is 4.31 Å². The maximum Gasteiger partial charge on any atom is 0.356 e. The van der Waals surface area contributed by atoms with Crippen LogP contribution in [0.2, 0.25) is 0 Å². The van der Waals surface area contributed by atoms with Crippen molar-refractivity contribution in [3.8, 4) is 0 Å². The summed E-state index contributed by atoms with van der Waals surface area (Å²) in [6.07, 6.45) is 0. The van der Waals surface area contributed by atoms with E-state index >= 15 is 0 Å². The van der Waals surface area contributed by atoms with Crippen molar-refractivity contribution in [2.24, 2.45) is 0 Å². The zero-order valence-electron chi connectivity index (χ0n) is 23.5. The molecule has 1 N–H and O–H groups in total. The Bertz CT molecular complexity index is 1570. The molecular weight excluding hydrogens is 595 g/mol. The number of alkyl halides is 2. The van der Waals surface area contributed by atoms with Gasteiger partial charge in [-0.15, -0.1) is 23.2 Å². The Labute approximate surface area is 248 Å². The minimum atomic E-state index is -4.23. The lowest BCUT2D eigenvalue weighted by atomic mass is 10.0. The predicted octanol–water partition coefficient (Wildman–Crippen LogP) is 5.52. The standard InChI is InChI=1S/C28H32Cl2N2O8S/c1-7-38-26(35)22-23(32(6)41(36,37)18-11-9-8-10-12-18)21-19(25(34)40-28(4,5)16-30)13-17(14-20(21)31-22)24(33)39-27(2,3)15-29/h8-14,31H,7,15-16H2,1-6H3. The van der Waals surface area contributed by atoms with Gasteiger partial charge in [0.25, 0.3) is 10.0 Å². The molecule has 3 aromatic rings. The third kappa shape index (κ3) is 6.97. The Balaban J connectivity index is 2.39. The topological polar surface area (TPSA) is 132 Å². The van der Waals surface area contributed by atoms with E-state index in [1.807, 2.05) is 0 Å². The maximum absolute atomic E-state index is 13.7. The summed E-state index contributed by atoms with van der Waals surface area (Å²) in [5, 5.41) is 0.0126. The molecule has 3 rings (SSSR count). The molecule has 0 aliphatic rings. The highest BCUT2D eigenvalue weighted by Crippen LogP contribution is 2.38. The highest BCUT2D eigenvalue weighted by Gasteiger charge is 2.34. The molecule has 1 aromatic heterocycles. The lowest BCUT2D eigenvalue weighted by Gasteiger charge is -2.24. The summed E-state index contributed by atoms with van der Waals surface area (Å²) in [5.74, 6) is -2.64. The molecule has 0 aliphatic heterocycles. The number of hydrogen-bond acceptors (Lipinski definition) is 8. The van der Waals surface area contributed by atoms with Gasteiger partial charge in [-0.1, -0.05) is 18.2 Å². The fourth-order valence-corrected chi connectivity index (χ4v) is 5.15. The second kappa shape index (κ2) is 12.3. The maximum atomic E-state index is 13.7. The Morgan fingerprint density at radius 2 is 1.46 bits per heavy atom. The molecule has 0 aliphatic carbocycles. The first-order chi connectivity index (χ1) is 19.1. The van der Waals surface area contributed by atoms with Crippen LogP contribution >= 0.6 is 23.2 Å². The molecule has 0 atom stereocenters. The number of anilines is 1. The first kappa shape index (κ1) is 32.2. The first-order valence-corrected chi connectivity index (χ1v) is 15.1. The average Bonchev–Trinajstić information content (AvgIpc) is 3.31. The summed E-state index contributed by atoms with van der Waals surface area (Å²) in [6.45, 7) is 7.99. The van der Waals surface area contributed by atoms with Crippen molar-refractivity contribution in [1.82, 2.24) is 4.98 Å². The van der Waals surface area contributed by atoms with Gasteiger partial charge in [0.1, 0.15) is 11.2 Å². The van der Waals surface area contributed by atoms with Crippen molar-refractivity contribution in [2.45, 2.75) is 50.7 Å². The molecule has 222 valence electrons. The number of nitrogens with zero attached hydrogens (tertiary/aromatic N) is 1. The number of hydrogen-bond donors (Lipinski definition) is 1.